The number of nitrogens with zero attached hydrogens (tertiary/aromatic N) is 1. The lowest BCUT2D eigenvalue weighted by Gasteiger charge is -1.99. The number of hydrogen-bond donors (Lipinski definition) is 1. The summed E-state index contributed by atoms with van der Waals surface area (Å²) < 4.78 is 0. The first-order chi connectivity index (χ1) is 8.36. The smallest absolute Gasteiger partial charge is 0.138 e. The molecule has 3 rings (SSSR count). The molecule has 0 fully saturated rings. The van der Waals surface area contributed by atoms with E-state index in [0.29, 0.717) is 0 Å². The van der Waals surface area contributed by atoms with E-state index in [1.165, 1.54) is 5.56 Å². The van der Waals surface area contributed by atoms with Gasteiger partial charge in [0.1, 0.15) is 5.82 Å². The summed E-state index contributed by atoms with van der Waals surface area (Å²) in [6.45, 7) is 2.16. The Balaban J connectivity index is 2.13. The molecule has 2 heteroatoms. The molecule has 0 amide bonds. The van der Waals surface area contributed by atoms with Gasteiger partial charge in [0.05, 0.1) is 11.0 Å². The zero-order chi connectivity index (χ0) is 11.7. The highest BCUT2D eigenvalue weighted by Crippen LogP contribution is 2.21. The maximum absolute atomic E-state index is 4.60. The predicted octanol–water partition coefficient (Wildman–Crippen LogP) is 3.79. The number of aromatic nitrogens is 2. The zero-order valence-electron chi connectivity index (χ0n) is 9.77. The van der Waals surface area contributed by atoms with Crippen LogP contribution in [0.15, 0.2) is 48.5 Å². The second kappa shape index (κ2) is 4.06. The van der Waals surface area contributed by atoms with Gasteiger partial charge >= 0.3 is 0 Å². The Labute approximate surface area is 100 Å². The summed E-state index contributed by atoms with van der Waals surface area (Å²) in [5.74, 6) is 0.946. The lowest BCUT2D eigenvalue weighted by atomic mass is 10.1. The Bertz CT molecular complexity index is 620. The summed E-state index contributed by atoms with van der Waals surface area (Å²) in [4.78, 5) is 7.95. The van der Waals surface area contributed by atoms with Gasteiger partial charge in [-0.25, -0.2) is 4.98 Å². The summed E-state index contributed by atoms with van der Waals surface area (Å²) in [6.07, 6.45) is 1.05. The number of H-pyrrole nitrogens is 1. The molecule has 0 spiro atoms. The molecule has 0 unspecified atom stereocenters. The summed E-state index contributed by atoms with van der Waals surface area (Å²) in [5.41, 5.74) is 4.59. The fraction of sp³-hybridized carbons (Fsp3) is 0.133. The van der Waals surface area contributed by atoms with E-state index in [0.717, 1.165) is 28.8 Å². The molecule has 0 saturated carbocycles. The lowest BCUT2D eigenvalue weighted by Crippen LogP contribution is -1.84. The van der Waals surface area contributed by atoms with Crippen molar-refractivity contribution in [1.29, 1.82) is 0 Å². The van der Waals surface area contributed by atoms with E-state index in [1.807, 2.05) is 18.2 Å². The molecule has 0 aliphatic rings. The SMILES string of the molecule is CCc1cccc(-c2nc3ccccc3[nH]2)c1. The number of aromatic amines is 1. The monoisotopic (exact) mass is 222 g/mol. The standard InChI is InChI=1S/C15H14N2/c1-2-11-6-5-7-12(10-11)15-16-13-8-3-4-9-14(13)17-15/h3-10H,2H2,1H3,(H,16,17). The quantitative estimate of drug-likeness (QED) is 0.702. The third kappa shape index (κ3) is 1.82. The van der Waals surface area contributed by atoms with Crippen LogP contribution < -0.4 is 0 Å². The van der Waals surface area contributed by atoms with E-state index >= 15 is 0 Å². The number of benzene rings is 2. The van der Waals surface area contributed by atoms with E-state index in [-0.39, 0.29) is 0 Å². The molecular weight excluding hydrogens is 208 g/mol. The van der Waals surface area contributed by atoms with Crippen molar-refractivity contribution >= 4 is 11.0 Å². The van der Waals surface area contributed by atoms with Crippen molar-refractivity contribution in [2.75, 3.05) is 0 Å². The van der Waals surface area contributed by atoms with Crippen LogP contribution in [-0.4, -0.2) is 9.97 Å². The topological polar surface area (TPSA) is 28.7 Å². The van der Waals surface area contributed by atoms with Crippen molar-refractivity contribution in [2.45, 2.75) is 13.3 Å². The number of aryl methyl sites for hydroxylation is 1. The summed E-state index contributed by atoms with van der Waals surface area (Å²) in [7, 11) is 0. The second-order valence-corrected chi connectivity index (χ2v) is 4.16. The molecule has 0 radical (unpaired) electrons. The second-order valence-electron chi connectivity index (χ2n) is 4.16. The van der Waals surface area contributed by atoms with Gasteiger partial charge in [-0.3, -0.25) is 0 Å². The zero-order valence-corrected chi connectivity index (χ0v) is 9.77. The van der Waals surface area contributed by atoms with Gasteiger partial charge in [-0.15, -0.1) is 0 Å². The third-order valence-corrected chi connectivity index (χ3v) is 3.00. The Morgan fingerprint density at radius 1 is 1.06 bits per heavy atom. The number of rotatable bonds is 2. The van der Waals surface area contributed by atoms with Crippen molar-refractivity contribution in [3.8, 4) is 11.4 Å². The van der Waals surface area contributed by atoms with Crippen molar-refractivity contribution in [2.24, 2.45) is 0 Å². The largest absolute Gasteiger partial charge is 0.338 e. The Morgan fingerprint density at radius 2 is 1.94 bits per heavy atom. The summed E-state index contributed by atoms with van der Waals surface area (Å²) >= 11 is 0. The van der Waals surface area contributed by atoms with Gasteiger partial charge in [0, 0.05) is 5.56 Å². The number of nitrogens with one attached hydrogen (secondary N) is 1. The van der Waals surface area contributed by atoms with Gasteiger partial charge in [-0.2, -0.15) is 0 Å². The van der Waals surface area contributed by atoms with Crippen LogP contribution in [0.5, 0.6) is 0 Å². The van der Waals surface area contributed by atoms with E-state index in [1.54, 1.807) is 0 Å². The average molecular weight is 222 g/mol. The number of fused-ring (bicyclic) bond motifs is 1. The molecule has 17 heavy (non-hydrogen) atoms. The maximum Gasteiger partial charge on any atom is 0.138 e. The van der Waals surface area contributed by atoms with Crippen molar-refractivity contribution in [1.82, 2.24) is 9.97 Å². The van der Waals surface area contributed by atoms with E-state index < -0.39 is 0 Å². The van der Waals surface area contributed by atoms with Crippen molar-refractivity contribution in [3.63, 3.8) is 0 Å². The molecule has 0 bridgehead atoms. The minimum Gasteiger partial charge on any atom is -0.338 e. The Kier molecular flexibility index (Phi) is 2.41. The molecule has 1 heterocycles. The van der Waals surface area contributed by atoms with Crippen LogP contribution in [0, 0.1) is 0 Å². The van der Waals surface area contributed by atoms with Crippen LogP contribution in [-0.2, 0) is 6.42 Å². The highest BCUT2D eigenvalue weighted by Gasteiger charge is 2.04. The van der Waals surface area contributed by atoms with Gasteiger partial charge in [0.15, 0.2) is 0 Å². The first-order valence-electron chi connectivity index (χ1n) is 5.91. The van der Waals surface area contributed by atoms with Crippen LogP contribution in [0.1, 0.15) is 12.5 Å². The third-order valence-electron chi connectivity index (χ3n) is 3.00. The van der Waals surface area contributed by atoms with Gasteiger partial charge in [-0.1, -0.05) is 37.3 Å². The van der Waals surface area contributed by atoms with Crippen LogP contribution >= 0.6 is 0 Å². The average Bonchev–Trinajstić information content (AvgIpc) is 2.82. The van der Waals surface area contributed by atoms with Gasteiger partial charge < -0.3 is 4.98 Å². The Morgan fingerprint density at radius 3 is 2.76 bits per heavy atom. The van der Waals surface area contributed by atoms with E-state index in [9.17, 15) is 0 Å². The number of hydrogen-bond acceptors (Lipinski definition) is 1. The number of imidazole rings is 1. The molecule has 84 valence electrons. The molecule has 0 aliphatic carbocycles. The predicted molar refractivity (Wildman–Crippen MR) is 70.9 cm³/mol. The van der Waals surface area contributed by atoms with Crippen molar-refractivity contribution < 1.29 is 0 Å². The summed E-state index contributed by atoms with van der Waals surface area (Å²) in [5, 5.41) is 0. The highest BCUT2D eigenvalue weighted by atomic mass is 14.9. The molecule has 3 aromatic rings. The van der Waals surface area contributed by atoms with Crippen molar-refractivity contribution in [3.05, 3.63) is 54.1 Å². The molecule has 1 N–H and O–H groups in total. The molecule has 1 aromatic heterocycles. The van der Waals surface area contributed by atoms with Crippen LogP contribution in [0.3, 0.4) is 0 Å². The van der Waals surface area contributed by atoms with E-state index in [2.05, 4.69) is 47.2 Å². The normalized spacial score (nSPS) is 10.9. The molecular formula is C15H14N2. The fourth-order valence-electron chi connectivity index (χ4n) is 2.03. The lowest BCUT2D eigenvalue weighted by molar-refractivity contribution is 1.14. The first-order valence-corrected chi connectivity index (χ1v) is 5.91. The Hall–Kier alpha value is -2.09. The summed E-state index contributed by atoms with van der Waals surface area (Å²) in [6, 6.07) is 16.6. The van der Waals surface area contributed by atoms with Crippen LogP contribution in [0.25, 0.3) is 22.4 Å². The maximum atomic E-state index is 4.60. The fourth-order valence-corrected chi connectivity index (χ4v) is 2.03. The van der Waals surface area contributed by atoms with Crippen LogP contribution in [0.2, 0.25) is 0 Å². The minimum absolute atomic E-state index is 0.946. The number of para-hydroxylation sites is 2. The van der Waals surface area contributed by atoms with Gasteiger partial charge in [0.2, 0.25) is 0 Å². The minimum atomic E-state index is 0.946. The molecule has 2 nitrogen and oxygen atoms in total. The van der Waals surface area contributed by atoms with Gasteiger partial charge in [-0.05, 0) is 30.2 Å². The molecule has 0 atom stereocenters. The van der Waals surface area contributed by atoms with Gasteiger partial charge in [0.25, 0.3) is 0 Å². The van der Waals surface area contributed by atoms with E-state index in [4.69, 9.17) is 0 Å². The first kappa shape index (κ1) is 10.1. The molecule has 0 saturated heterocycles. The molecule has 0 aliphatic heterocycles. The van der Waals surface area contributed by atoms with Crippen LogP contribution in [0.4, 0.5) is 0 Å². The molecule has 2 aromatic carbocycles. The highest BCUT2D eigenvalue weighted by molar-refractivity contribution is 5.79.